The van der Waals surface area contributed by atoms with Gasteiger partial charge < -0.3 is 10.2 Å². The van der Waals surface area contributed by atoms with Gasteiger partial charge in [0.15, 0.2) is 0 Å². The molecular weight excluding hydrogens is 276 g/mol. The molecule has 0 aliphatic rings. The minimum Gasteiger partial charge on any atom is -0.508 e. The molecule has 1 unspecified atom stereocenters. The van der Waals surface area contributed by atoms with Crippen LogP contribution in [0.25, 0.3) is 6.08 Å². The van der Waals surface area contributed by atoms with Crippen LogP contribution in [0.5, 0.6) is 5.75 Å². The van der Waals surface area contributed by atoms with Crippen LogP contribution >= 0.6 is 0 Å². The second-order valence-electron chi connectivity index (χ2n) is 5.70. The minimum absolute atomic E-state index is 0.0205. The quantitative estimate of drug-likeness (QED) is 0.753. The average molecular weight is 300 g/mol. The summed E-state index contributed by atoms with van der Waals surface area (Å²) < 4.78 is 0. The van der Waals surface area contributed by atoms with E-state index in [9.17, 15) is 9.90 Å². The van der Waals surface area contributed by atoms with Crippen LogP contribution in [0.3, 0.4) is 0 Å². The molecule has 1 atom stereocenters. The molecule has 118 valence electrons. The third-order valence-corrected chi connectivity index (χ3v) is 3.39. The van der Waals surface area contributed by atoms with Crippen LogP contribution < -0.4 is 0 Å². The second-order valence-corrected chi connectivity index (χ2v) is 5.70. The minimum atomic E-state index is -0.781. The molecule has 0 aliphatic heterocycles. The Balaban J connectivity index is 2.76. The summed E-state index contributed by atoms with van der Waals surface area (Å²) in [6.45, 7) is 7.82. The highest BCUT2D eigenvalue weighted by atomic mass is 16.4. The van der Waals surface area contributed by atoms with E-state index in [1.54, 1.807) is 12.1 Å². The number of hydrogen-bond donors (Lipinski definition) is 2. The van der Waals surface area contributed by atoms with Gasteiger partial charge in [0.25, 0.3) is 0 Å². The zero-order valence-electron chi connectivity index (χ0n) is 13.6. The summed E-state index contributed by atoms with van der Waals surface area (Å²) >= 11 is 0. The normalized spacial score (nSPS) is 13.9. The fourth-order valence-corrected chi connectivity index (χ4v) is 2.23. The maximum atomic E-state index is 10.6. The van der Waals surface area contributed by atoms with Crippen molar-refractivity contribution in [1.82, 2.24) is 0 Å². The monoisotopic (exact) mass is 300 g/mol. The Hall–Kier alpha value is -2.29. The van der Waals surface area contributed by atoms with Gasteiger partial charge in [-0.15, -0.1) is 0 Å². The number of aliphatic carboxylic acids is 1. The molecule has 2 N–H and O–H groups in total. The summed E-state index contributed by atoms with van der Waals surface area (Å²) in [5, 5.41) is 18.2. The van der Waals surface area contributed by atoms with Gasteiger partial charge in [0, 0.05) is 0 Å². The van der Waals surface area contributed by atoms with E-state index in [-0.39, 0.29) is 18.1 Å². The molecule has 1 rings (SSSR count). The van der Waals surface area contributed by atoms with Crippen LogP contribution in [0.2, 0.25) is 0 Å². The van der Waals surface area contributed by atoms with Crippen LogP contribution in [0, 0.1) is 19.8 Å². The lowest BCUT2D eigenvalue weighted by atomic mass is 10.0. The van der Waals surface area contributed by atoms with Crippen molar-refractivity contribution in [3.63, 3.8) is 0 Å². The SMILES string of the molecule is CC(/C=C/c1c(C)cc(O)cc1C)=C\C=C\C(C)CC(=O)O. The third-order valence-electron chi connectivity index (χ3n) is 3.39. The van der Waals surface area contributed by atoms with Crippen molar-refractivity contribution < 1.29 is 15.0 Å². The van der Waals surface area contributed by atoms with Gasteiger partial charge in [0.2, 0.25) is 0 Å². The average Bonchev–Trinajstić information content (AvgIpc) is 2.36. The molecule has 22 heavy (non-hydrogen) atoms. The molecule has 3 nitrogen and oxygen atoms in total. The van der Waals surface area contributed by atoms with Gasteiger partial charge in [-0.1, -0.05) is 42.9 Å². The topological polar surface area (TPSA) is 57.5 Å². The first-order valence-electron chi connectivity index (χ1n) is 7.34. The Labute approximate surface area is 132 Å². The van der Waals surface area contributed by atoms with E-state index in [2.05, 4.69) is 0 Å². The Kier molecular flexibility index (Phi) is 6.64. The number of carboxylic acid groups (broad SMARTS) is 1. The number of allylic oxidation sites excluding steroid dienone is 5. The Bertz CT molecular complexity index is 599. The van der Waals surface area contributed by atoms with E-state index in [1.165, 1.54) is 0 Å². The largest absolute Gasteiger partial charge is 0.508 e. The highest BCUT2D eigenvalue weighted by Crippen LogP contribution is 2.22. The van der Waals surface area contributed by atoms with E-state index in [0.29, 0.717) is 0 Å². The molecule has 1 aromatic rings. The first-order chi connectivity index (χ1) is 10.3. The summed E-state index contributed by atoms with van der Waals surface area (Å²) in [6, 6.07) is 3.50. The van der Waals surface area contributed by atoms with Gasteiger partial charge in [-0.3, -0.25) is 4.79 Å². The molecule has 0 heterocycles. The van der Waals surface area contributed by atoms with Crippen LogP contribution in [-0.4, -0.2) is 16.2 Å². The van der Waals surface area contributed by atoms with Crippen molar-refractivity contribution >= 4 is 12.0 Å². The number of carboxylic acids is 1. The van der Waals surface area contributed by atoms with Gasteiger partial charge >= 0.3 is 5.97 Å². The number of aromatic hydroxyl groups is 1. The van der Waals surface area contributed by atoms with E-state index in [0.717, 1.165) is 22.3 Å². The molecule has 0 radical (unpaired) electrons. The lowest BCUT2D eigenvalue weighted by Crippen LogP contribution is -2.00. The van der Waals surface area contributed by atoms with Gasteiger partial charge in [0.1, 0.15) is 5.75 Å². The number of aryl methyl sites for hydroxylation is 2. The maximum absolute atomic E-state index is 10.6. The number of carbonyl (C=O) groups is 1. The second kappa shape index (κ2) is 8.23. The zero-order chi connectivity index (χ0) is 16.7. The molecule has 0 saturated heterocycles. The summed E-state index contributed by atoms with van der Waals surface area (Å²) in [7, 11) is 0. The standard InChI is InChI=1S/C19H24O3/c1-13(6-5-7-14(2)10-19(21)22)8-9-18-15(3)11-17(20)12-16(18)4/h5-9,11-12,14,20H,10H2,1-4H3,(H,21,22)/b7-5+,9-8+,13-6+. The highest BCUT2D eigenvalue weighted by molar-refractivity contribution is 5.67. The number of phenols is 1. The molecular formula is C19H24O3. The number of benzene rings is 1. The summed E-state index contributed by atoms with van der Waals surface area (Å²) in [6.07, 6.45) is 9.93. The fourth-order valence-electron chi connectivity index (χ4n) is 2.23. The smallest absolute Gasteiger partial charge is 0.303 e. The van der Waals surface area contributed by atoms with Crippen molar-refractivity contribution in [2.24, 2.45) is 5.92 Å². The van der Waals surface area contributed by atoms with Crippen molar-refractivity contribution in [3.8, 4) is 5.75 Å². The van der Waals surface area contributed by atoms with Gasteiger partial charge in [0.05, 0.1) is 6.42 Å². The zero-order valence-corrected chi connectivity index (χ0v) is 13.6. The van der Waals surface area contributed by atoms with Crippen LogP contribution in [0.1, 0.15) is 37.0 Å². The van der Waals surface area contributed by atoms with E-state index in [1.807, 2.05) is 58.1 Å². The van der Waals surface area contributed by atoms with Crippen LogP contribution in [0.4, 0.5) is 0 Å². The number of hydrogen-bond acceptors (Lipinski definition) is 2. The summed E-state index contributed by atoms with van der Waals surface area (Å²) in [5.74, 6) is -0.474. The molecule has 1 aromatic carbocycles. The summed E-state index contributed by atoms with van der Waals surface area (Å²) in [4.78, 5) is 10.6. The third kappa shape index (κ3) is 6.00. The van der Waals surface area contributed by atoms with Gasteiger partial charge in [-0.05, 0) is 55.5 Å². The van der Waals surface area contributed by atoms with Crippen LogP contribution in [0.15, 0.2) is 42.0 Å². The number of phenolic OH excluding ortho intramolecular Hbond substituents is 1. The Morgan fingerprint density at radius 3 is 2.41 bits per heavy atom. The first kappa shape index (κ1) is 17.8. The molecule has 0 aliphatic carbocycles. The molecule has 0 saturated carbocycles. The molecule has 0 spiro atoms. The molecule has 3 heteroatoms. The predicted molar refractivity (Wildman–Crippen MR) is 90.9 cm³/mol. The summed E-state index contributed by atoms with van der Waals surface area (Å²) in [5.41, 5.74) is 4.25. The highest BCUT2D eigenvalue weighted by Gasteiger charge is 2.02. The fraction of sp³-hybridized carbons (Fsp3) is 0.316. The molecule has 0 amide bonds. The van der Waals surface area contributed by atoms with Crippen molar-refractivity contribution in [3.05, 3.63) is 58.7 Å². The lowest BCUT2D eigenvalue weighted by molar-refractivity contribution is -0.137. The Morgan fingerprint density at radius 2 is 1.86 bits per heavy atom. The maximum Gasteiger partial charge on any atom is 0.303 e. The van der Waals surface area contributed by atoms with Crippen LogP contribution in [-0.2, 0) is 4.79 Å². The van der Waals surface area contributed by atoms with E-state index >= 15 is 0 Å². The molecule has 0 fully saturated rings. The molecule has 0 aromatic heterocycles. The Morgan fingerprint density at radius 1 is 1.27 bits per heavy atom. The van der Waals surface area contributed by atoms with Crippen molar-refractivity contribution in [2.75, 3.05) is 0 Å². The number of rotatable bonds is 6. The predicted octanol–water partition coefficient (Wildman–Crippen LogP) is 4.64. The van der Waals surface area contributed by atoms with Gasteiger partial charge in [-0.25, -0.2) is 0 Å². The van der Waals surface area contributed by atoms with Crippen molar-refractivity contribution in [2.45, 2.75) is 34.1 Å². The lowest BCUT2D eigenvalue weighted by Gasteiger charge is -2.06. The molecule has 0 bridgehead atoms. The van der Waals surface area contributed by atoms with Crippen molar-refractivity contribution in [1.29, 1.82) is 0 Å². The van der Waals surface area contributed by atoms with Gasteiger partial charge in [-0.2, -0.15) is 0 Å². The van der Waals surface area contributed by atoms with E-state index < -0.39 is 5.97 Å². The first-order valence-corrected chi connectivity index (χ1v) is 7.34. The van der Waals surface area contributed by atoms with E-state index in [4.69, 9.17) is 5.11 Å².